The number of thioether (sulfide) groups is 1. The molecule has 176 valence electrons. The number of ether oxygens (including phenoxy) is 1. The van der Waals surface area contributed by atoms with Gasteiger partial charge in [-0.15, -0.1) is 0 Å². The minimum absolute atomic E-state index is 0.0851. The summed E-state index contributed by atoms with van der Waals surface area (Å²) in [5.41, 5.74) is 0.287. The molecule has 1 fully saturated rings. The van der Waals surface area contributed by atoms with Gasteiger partial charge in [0.25, 0.3) is 5.56 Å². The molecule has 0 N–H and O–H groups in total. The Balaban J connectivity index is 1.66. The Hall–Kier alpha value is -3.31. The number of benzene rings is 2. The van der Waals surface area contributed by atoms with Gasteiger partial charge in [-0.3, -0.25) is 14.2 Å². The molecule has 3 aromatic rings. The number of hydrogen-bond acceptors (Lipinski definition) is 6. The number of para-hydroxylation sites is 1. The van der Waals surface area contributed by atoms with Crippen LogP contribution in [0.2, 0.25) is 0 Å². The predicted molar refractivity (Wildman–Crippen MR) is 133 cm³/mol. The second kappa shape index (κ2) is 10.3. The van der Waals surface area contributed by atoms with Gasteiger partial charge in [-0.25, -0.2) is 4.98 Å². The maximum atomic E-state index is 13.4. The number of fused-ring (bicyclic) bond motifs is 1. The number of hydrogen-bond donors (Lipinski definition) is 0. The molecular weight excluding hydrogens is 448 g/mol. The van der Waals surface area contributed by atoms with Crippen molar-refractivity contribution in [1.82, 2.24) is 14.5 Å². The van der Waals surface area contributed by atoms with Crippen LogP contribution in [0.1, 0.15) is 39.0 Å². The standard InChI is InChI=1S/C26H28N4O3S/c1-3-33-20-13-11-19(12-14-20)30-24(32)21-9-5-6-10-22(21)28-25(30)34-17-23(31)29(2)26(18-27)15-7-4-8-16-26/h5-6,9-14H,3-4,7-8,15-17H2,1-2H3. The van der Waals surface area contributed by atoms with Crippen molar-refractivity contribution in [3.63, 3.8) is 0 Å². The van der Waals surface area contributed by atoms with Gasteiger partial charge in [0, 0.05) is 7.05 Å². The van der Waals surface area contributed by atoms with E-state index in [0.717, 1.165) is 19.3 Å². The first-order valence-corrected chi connectivity index (χ1v) is 12.5. The Bertz CT molecular complexity index is 1270. The van der Waals surface area contributed by atoms with Crippen molar-refractivity contribution in [2.45, 2.75) is 49.7 Å². The quantitative estimate of drug-likeness (QED) is 0.367. The van der Waals surface area contributed by atoms with Crippen LogP contribution in [0.5, 0.6) is 5.75 Å². The fraction of sp³-hybridized carbons (Fsp3) is 0.385. The average molecular weight is 477 g/mol. The molecule has 0 bridgehead atoms. The average Bonchev–Trinajstić information content (AvgIpc) is 2.88. The molecule has 0 atom stereocenters. The minimum Gasteiger partial charge on any atom is -0.494 e. The van der Waals surface area contributed by atoms with E-state index in [9.17, 15) is 14.9 Å². The van der Waals surface area contributed by atoms with Crippen LogP contribution < -0.4 is 10.3 Å². The third-order valence-electron chi connectivity index (χ3n) is 6.38. The number of amides is 1. The number of rotatable bonds is 7. The Morgan fingerprint density at radius 2 is 1.88 bits per heavy atom. The lowest BCUT2D eigenvalue weighted by molar-refractivity contribution is -0.131. The first-order chi connectivity index (χ1) is 16.5. The second-order valence-corrected chi connectivity index (χ2v) is 9.37. The zero-order chi connectivity index (χ0) is 24.1. The minimum atomic E-state index is -0.749. The van der Waals surface area contributed by atoms with Crippen molar-refractivity contribution in [3.05, 3.63) is 58.9 Å². The Morgan fingerprint density at radius 3 is 2.56 bits per heavy atom. The lowest BCUT2D eigenvalue weighted by atomic mass is 9.81. The van der Waals surface area contributed by atoms with Crippen molar-refractivity contribution < 1.29 is 9.53 Å². The van der Waals surface area contributed by atoms with Gasteiger partial charge < -0.3 is 9.64 Å². The van der Waals surface area contributed by atoms with Crippen molar-refractivity contribution >= 4 is 28.6 Å². The molecule has 1 saturated carbocycles. The topological polar surface area (TPSA) is 88.2 Å². The highest BCUT2D eigenvalue weighted by molar-refractivity contribution is 7.99. The maximum absolute atomic E-state index is 13.4. The molecule has 0 spiro atoms. The number of aromatic nitrogens is 2. The first kappa shape index (κ1) is 23.8. The fourth-order valence-electron chi connectivity index (χ4n) is 4.42. The second-order valence-electron chi connectivity index (χ2n) is 8.42. The van der Waals surface area contributed by atoms with Crippen molar-refractivity contribution in [2.75, 3.05) is 19.4 Å². The summed E-state index contributed by atoms with van der Waals surface area (Å²) >= 11 is 1.21. The summed E-state index contributed by atoms with van der Waals surface area (Å²) in [6.45, 7) is 2.47. The monoisotopic (exact) mass is 476 g/mol. The first-order valence-electron chi connectivity index (χ1n) is 11.5. The zero-order valence-corrected chi connectivity index (χ0v) is 20.3. The van der Waals surface area contributed by atoms with Crippen LogP contribution in [0.25, 0.3) is 16.6 Å². The van der Waals surface area contributed by atoms with E-state index in [-0.39, 0.29) is 17.2 Å². The maximum Gasteiger partial charge on any atom is 0.266 e. The Kier molecular flexibility index (Phi) is 7.23. The van der Waals surface area contributed by atoms with Crippen LogP contribution in [-0.2, 0) is 4.79 Å². The van der Waals surface area contributed by atoms with E-state index < -0.39 is 5.54 Å². The molecule has 0 saturated heterocycles. The van der Waals surface area contributed by atoms with Crippen LogP contribution in [0, 0.1) is 11.3 Å². The lowest BCUT2D eigenvalue weighted by Gasteiger charge is -2.39. The Labute approximate surface area is 203 Å². The van der Waals surface area contributed by atoms with E-state index in [2.05, 4.69) is 6.07 Å². The molecule has 7 nitrogen and oxygen atoms in total. The van der Waals surface area contributed by atoms with Gasteiger partial charge in [0.15, 0.2) is 5.16 Å². The summed E-state index contributed by atoms with van der Waals surface area (Å²) in [6, 6.07) is 16.8. The van der Waals surface area contributed by atoms with Crippen molar-refractivity contribution in [1.29, 1.82) is 5.26 Å². The van der Waals surface area contributed by atoms with E-state index in [1.807, 2.05) is 43.3 Å². The number of carbonyl (C=O) groups excluding carboxylic acids is 1. The zero-order valence-electron chi connectivity index (χ0n) is 19.5. The number of nitriles is 1. The van der Waals surface area contributed by atoms with Gasteiger partial charge in [0.1, 0.15) is 11.3 Å². The molecule has 1 aliphatic carbocycles. The predicted octanol–water partition coefficient (Wildman–Crippen LogP) is 4.56. The van der Waals surface area contributed by atoms with Crippen LogP contribution in [0.4, 0.5) is 0 Å². The van der Waals surface area contributed by atoms with Gasteiger partial charge in [-0.2, -0.15) is 5.26 Å². The third-order valence-corrected chi connectivity index (χ3v) is 7.30. The molecule has 0 aliphatic heterocycles. The smallest absolute Gasteiger partial charge is 0.266 e. The summed E-state index contributed by atoms with van der Waals surface area (Å²) in [6.07, 6.45) is 4.38. The van der Waals surface area contributed by atoms with Crippen molar-refractivity contribution in [2.24, 2.45) is 0 Å². The molecule has 0 unspecified atom stereocenters. The highest BCUT2D eigenvalue weighted by Crippen LogP contribution is 2.33. The molecule has 0 radical (unpaired) electrons. The van der Waals surface area contributed by atoms with Crippen molar-refractivity contribution in [3.8, 4) is 17.5 Å². The highest BCUT2D eigenvalue weighted by atomic mass is 32.2. The van der Waals surface area contributed by atoms with Crippen LogP contribution in [-0.4, -0.2) is 45.3 Å². The van der Waals surface area contributed by atoms with Gasteiger partial charge in [0.2, 0.25) is 5.91 Å². The largest absolute Gasteiger partial charge is 0.494 e. The summed E-state index contributed by atoms with van der Waals surface area (Å²) < 4.78 is 7.06. The molecule has 2 aromatic carbocycles. The van der Waals surface area contributed by atoms with E-state index >= 15 is 0 Å². The summed E-state index contributed by atoms with van der Waals surface area (Å²) in [5, 5.41) is 10.8. The fourth-order valence-corrected chi connectivity index (χ4v) is 5.34. The molecule has 1 heterocycles. The normalized spacial score (nSPS) is 15.0. The summed E-state index contributed by atoms with van der Waals surface area (Å²) in [5.74, 6) is 0.657. The molecule has 1 amide bonds. The van der Waals surface area contributed by atoms with Gasteiger partial charge >= 0.3 is 0 Å². The van der Waals surface area contributed by atoms with E-state index in [1.165, 1.54) is 16.3 Å². The van der Waals surface area contributed by atoms with Gasteiger partial charge in [-0.05, 0) is 56.2 Å². The molecule has 34 heavy (non-hydrogen) atoms. The molecule has 1 aliphatic rings. The van der Waals surface area contributed by atoms with E-state index in [0.29, 0.717) is 46.9 Å². The molecule has 1 aromatic heterocycles. The molecular formula is C26H28N4O3S. The number of nitrogens with zero attached hydrogens (tertiary/aromatic N) is 4. The van der Waals surface area contributed by atoms with Gasteiger partial charge in [0.05, 0.1) is 35.0 Å². The van der Waals surface area contributed by atoms with Gasteiger partial charge in [-0.1, -0.05) is 43.2 Å². The van der Waals surface area contributed by atoms with Crippen LogP contribution in [0.15, 0.2) is 58.5 Å². The Morgan fingerprint density at radius 1 is 1.18 bits per heavy atom. The SMILES string of the molecule is CCOc1ccc(-n2c(SCC(=O)N(C)C3(C#N)CCCCC3)nc3ccccc3c2=O)cc1. The summed E-state index contributed by atoms with van der Waals surface area (Å²) in [7, 11) is 1.71. The van der Waals surface area contributed by atoms with Crippen LogP contribution in [0.3, 0.4) is 0 Å². The molecule has 4 rings (SSSR count). The highest BCUT2D eigenvalue weighted by Gasteiger charge is 2.38. The van der Waals surface area contributed by atoms with Crippen LogP contribution >= 0.6 is 11.8 Å². The van der Waals surface area contributed by atoms with E-state index in [1.54, 1.807) is 24.1 Å². The summed E-state index contributed by atoms with van der Waals surface area (Å²) in [4.78, 5) is 32.8. The third kappa shape index (κ3) is 4.66. The van der Waals surface area contributed by atoms with E-state index in [4.69, 9.17) is 9.72 Å². The lowest BCUT2D eigenvalue weighted by Crippen LogP contribution is -2.50. The molecule has 8 heteroatoms. The number of carbonyl (C=O) groups is 1.